The fourth-order valence-corrected chi connectivity index (χ4v) is 4.17. The van der Waals surface area contributed by atoms with Crippen LogP contribution >= 0.6 is 0 Å². The molecule has 10 heteroatoms. The quantitative estimate of drug-likeness (QED) is 0.258. The zero-order chi connectivity index (χ0) is 28.2. The van der Waals surface area contributed by atoms with Gasteiger partial charge in [-0.3, -0.25) is 15.0 Å². The third-order valence-electron chi connectivity index (χ3n) is 6.02. The maximum atomic E-state index is 13.1. The molecular weight excluding hydrogens is 501 g/mol. The van der Waals surface area contributed by atoms with Gasteiger partial charge in [0.15, 0.2) is 0 Å². The third kappa shape index (κ3) is 7.53. The molecule has 0 unspecified atom stereocenters. The Morgan fingerprint density at radius 1 is 0.974 bits per heavy atom. The number of halogens is 1. The number of hydrogen-bond acceptors (Lipinski definition) is 7. The monoisotopic (exact) mass is 533 g/mol. The molecular formula is C29H32FN5O4. The molecule has 1 aliphatic heterocycles. The van der Waals surface area contributed by atoms with Gasteiger partial charge in [0.2, 0.25) is 0 Å². The van der Waals surface area contributed by atoms with E-state index >= 15 is 0 Å². The number of hydrogen-bond donors (Lipinski definition) is 2. The number of nitrogens with two attached hydrogens (primary N) is 1. The molecule has 1 aromatic heterocycles. The lowest BCUT2D eigenvalue weighted by molar-refractivity contribution is -0.153. The van der Waals surface area contributed by atoms with Crippen molar-refractivity contribution in [3.63, 3.8) is 0 Å². The van der Waals surface area contributed by atoms with Gasteiger partial charge >= 0.3 is 5.97 Å². The summed E-state index contributed by atoms with van der Waals surface area (Å²) in [5, 5.41) is 8.33. The molecule has 0 aliphatic carbocycles. The van der Waals surface area contributed by atoms with Crippen LogP contribution in [0.4, 0.5) is 10.1 Å². The van der Waals surface area contributed by atoms with E-state index in [2.05, 4.69) is 9.88 Å². The van der Waals surface area contributed by atoms with Gasteiger partial charge in [-0.05, 0) is 81.4 Å². The number of pyridine rings is 1. The van der Waals surface area contributed by atoms with Crippen LogP contribution in [0.15, 0.2) is 60.7 Å². The maximum absolute atomic E-state index is 13.1. The van der Waals surface area contributed by atoms with Gasteiger partial charge < -0.3 is 25.0 Å². The largest absolute Gasteiger partial charge is 0.460 e. The van der Waals surface area contributed by atoms with E-state index in [1.54, 1.807) is 51.1 Å². The number of rotatable bonds is 7. The third-order valence-corrected chi connectivity index (χ3v) is 6.02. The van der Waals surface area contributed by atoms with E-state index in [9.17, 15) is 14.0 Å². The molecule has 3 aromatic rings. The number of aromatic nitrogens is 1. The number of amides is 1. The summed E-state index contributed by atoms with van der Waals surface area (Å²) in [5.41, 5.74) is 7.27. The second kappa shape index (κ2) is 11.5. The van der Waals surface area contributed by atoms with Crippen LogP contribution in [0.25, 0.3) is 11.3 Å². The van der Waals surface area contributed by atoms with Crippen molar-refractivity contribution < 1.29 is 23.5 Å². The number of anilines is 1. The Kier molecular flexibility index (Phi) is 8.13. The fourth-order valence-electron chi connectivity index (χ4n) is 4.17. The van der Waals surface area contributed by atoms with Gasteiger partial charge in [-0.25, -0.2) is 9.37 Å². The molecule has 4 rings (SSSR count). The average Bonchev–Trinajstić information content (AvgIpc) is 2.89. The van der Waals surface area contributed by atoms with Gasteiger partial charge in [0.1, 0.15) is 40.9 Å². The Bertz CT molecular complexity index is 1350. The zero-order valence-corrected chi connectivity index (χ0v) is 22.2. The lowest BCUT2D eigenvalue weighted by Gasteiger charge is -2.37. The second-order valence-corrected chi connectivity index (χ2v) is 10.2. The van der Waals surface area contributed by atoms with Crippen LogP contribution in [0.1, 0.15) is 37.7 Å². The first kappa shape index (κ1) is 27.6. The van der Waals surface area contributed by atoms with Crippen LogP contribution in [-0.4, -0.2) is 59.4 Å². The minimum atomic E-state index is -0.632. The first-order chi connectivity index (χ1) is 18.5. The van der Waals surface area contributed by atoms with Crippen LogP contribution in [0.3, 0.4) is 0 Å². The van der Waals surface area contributed by atoms with E-state index in [-0.39, 0.29) is 23.8 Å². The minimum absolute atomic E-state index is 0.0800. The number of amidine groups is 1. The summed E-state index contributed by atoms with van der Waals surface area (Å²) in [7, 11) is 0. The molecule has 1 amide bonds. The number of nitrogens with zero attached hydrogens (tertiary/aromatic N) is 3. The van der Waals surface area contributed by atoms with Crippen LogP contribution in [-0.2, 0) is 9.53 Å². The number of primary amides is 1. The number of carbonyl (C=O) groups excluding carboxylic acids is 2. The molecule has 1 aliphatic rings. The molecule has 1 fully saturated rings. The Labute approximate surface area is 226 Å². The SMILES string of the molecule is CC(C)(C)OC(=O)CC(=N)N1CCN(c2cc(C(N)=O)nc(-c3ccc(Oc4ccc(F)cc4)cc3)c2)CC1. The number of ether oxygens (including phenoxy) is 2. The van der Waals surface area contributed by atoms with Gasteiger partial charge in [-0.1, -0.05) is 0 Å². The average molecular weight is 534 g/mol. The minimum Gasteiger partial charge on any atom is -0.460 e. The number of esters is 1. The fraction of sp³-hybridized carbons (Fsp3) is 0.310. The van der Waals surface area contributed by atoms with Crippen LogP contribution in [0.5, 0.6) is 11.5 Å². The number of piperazine rings is 1. The summed E-state index contributed by atoms with van der Waals surface area (Å²) in [6.45, 7) is 7.65. The molecule has 0 spiro atoms. The van der Waals surface area contributed by atoms with Gasteiger partial charge in [0, 0.05) is 37.4 Å². The Hall–Kier alpha value is -4.47. The van der Waals surface area contributed by atoms with Crippen LogP contribution in [0, 0.1) is 11.2 Å². The summed E-state index contributed by atoms with van der Waals surface area (Å²) in [4.78, 5) is 32.6. The van der Waals surface area contributed by atoms with Crippen molar-refractivity contribution in [1.29, 1.82) is 5.41 Å². The lowest BCUT2D eigenvalue weighted by atomic mass is 10.1. The molecule has 0 radical (unpaired) electrons. The van der Waals surface area contributed by atoms with Crippen molar-refractivity contribution in [2.45, 2.75) is 32.8 Å². The van der Waals surface area contributed by atoms with E-state index in [1.807, 2.05) is 23.1 Å². The summed E-state index contributed by atoms with van der Waals surface area (Å²) < 4.78 is 24.2. The molecule has 2 heterocycles. The zero-order valence-electron chi connectivity index (χ0n) is 22.2. The standard InChI is InChI=1S/C29H32FN5O4/c1-29(2,3)39-27(36)18-26(31)35-14-12-34(13-15-35)21-16-24(33-25(17-21)28(32)37)19-4-8-22(9-5-19)38-23-10-6-20(30)7-11-23/h4-11,16-17,31H,12-15,18H2,1-3H3,(H2,32,37). The Balaban J connectivity index is 1.44. The highest BCUT2D eigenvalue weighted by Crippen LogP contribution is 2.28. The van der Waals surface area contributed by atoms with Gasteiger partial charge in [0.05, 0.1) is 5.69 Å². The highest BCUT2D eigenvalue weighted by Gasteiger charge is 2.24. The number of nitrogens with one attached hydrogen (secondary N) is 1. The van der Waals surface area contributed by atoms with Crippen LogP contribution in [0.2, 0.25) is 0 Å². The number of benzene rings is 2. The smallest absolute Gasteiger partial charge is 0.313 e. The predicted octanol–water partition coefficient (Wildman–Crippen LogP) is 4.61. The van der Waals surface area contributed by atoms with Crippen molar-refractivity contribution in [2.75, 3.05) is 31.1 Å². The Morgan fingerprint density at radius 3 is 2.13 bits per heavy atom. The highest BCUT2D eigenvalue weighted by atomic mass is 19.1. The van der Waals surface area contributed by atoms with E-state index in [1.165, 1.54) is 12.1 Å². The van der Waals surface area contributed by atoms with Crippen molar-refractivity contribution >= 4 is 23.4 Å². The maximum Gasteiger partial charge on any atom is 0.313 e. The molecule has 1 saturated heterocycles. The number of carbonyl (C=O) groups is 2. The molecule has 0 bridgehead atoms. The molecule has 9 nitrogen and oxygen atoms in total. The van der Waals surface area contributed by atoms with Crippen molar-refractivity contribution in [2.24, 2.45) is 5.73 Å². The van der Waals surface area contributed by atoms with E-state index in [4.69, 9.17) is 20.6 Å². The highest BCUT2D eigenvalue weighted by molar-refractivity contribution is 5.96. The molecule has 204 valence electrons. The summed E-state index contributed by atoms with van der Waals surface area (Å²) in [6, 6.07) is 16.5. The van der Waals surface area contributed by atoms with Gasteiger partial charge in [-0.15, -0.1) is 0 Å². The summed E-state index contributed by atoms with van der Waals surface area (Å²) >= 11 is 0. The molecule has 2 aromatic carbocycles. The van der Waals surface area contributed by atoms with E-state index < -0.39 is 17.5 Å². The first-order valence-electron chi connectivity index (χ1n) is 12.6. The van der Waals surface area contributed by atoms with Gasteiger partial charge in [0.25, 0.3) is 5.91 Å². The first-order valence-corrected chi connectivity index (χ1v) is 12.6. The van der Waals surface area contributed by atoms with Crippen LogP contribution < -0.4 is 15.4 Å². The van der Waals surface area contributed by atoms with Crippen molar-refractivity contribution in [3.8, 4) is 22.8 Å². The lowest BCUT2D eigenvalue weighted by Crippen LogP contribution is -2.49. The van der Waals surface area contributed by atoms with Crippen molar-refractivity contribution in [1.82, 2.24) is 9.88 Å². The molecule has 3 N–H and O–H groups in total. The van der Waals surface area contributed by atoms with Crippen molar-refractivity contribution in [3.05, 3.63) is 72.2 Å². The molecule has 39 heavy (non-hydrogen) atoms. The topological polar surface area (TPSA) is 122 Å². The summed E-state index contributed by atoms with van der Waals surface area (Å²) in [6.07, 6.45) is -0.0800. The second-order valence-electron chi connectivity index (χ2n) is 10.2. The normalized spacial score (nSPS) is 13.6. The van der Waals surface area contributed by atoms with E-state index in [0.29, 0.717) is 43.4 Å². The molecule has 0 saturated carbocycles. The molecule has 0 atom stereocenters. The predicted molar refractivity (Wildman–Crippen MR) is 147 cm³/mol. The Morgan fingerprint density at radius 2 is 1.56 bits per heavy atom. The van der Waals surface area contributed by atoms with E-state index in [0.717, 1.165) is 11.3 Å². The summed E-state index contributed by atoms with van der Waals surface area (Å²) in [5.74, 6) is -0.0873. The van der Waals surface area contributed by atoms with Gasteiger partial charge in [-0.2, -0.15) is 0 Å².